The Labute approximate surface area is 106 Å². The fraction of sp³-hybridized carbons (Fsp3) is 0.636. The lowest BCUT2D eigenvalue weighted by Crippen LogP contribution is -2.33. The number of nitrogens with two attached hydrogens (primary N) is 1. The Morgan fingerprint density at radius 2 is 1.83 bits per heavy atom. The molecule has 0 radical (unpaired) electrons. The highest BCUT2D eigenvalue weighted by Gasteiger charge is 2.07. The van der Waals surface area contributed by atoms with Crippen molar-refractivity contribution in [3.8, 4) is 12.3 Å². The Hall–Kier alpha value is -1.78. The molecule has 0 aromatic carbocycles. The number of nitrogens with one attached hydrogen (secondary N) is 2. The summed E-state index contributed by atoms with van der Waals surface area (Å²) in [6.45, 7) is 2.10. The predicted molar refractivity (Wildman–Crippen MR) is 65.8 cm³/mol. The maximum Gasteiger partial charge on any atom is 0.416 e. The van der Waals surface area contributed by atoms with E-state index in [2.05, 4.69) is 21.3 Å². The highest BCUT2D eigenvalue weighted by molar-refractivity contribution is 5.83. The maximum atomic E-state index is 11.0. The van der Waals surface area contributed by atoms with Crippen molar-refractivity contribution < 1.29 is 19.1 Å². The minimum atomic E-state index is -0.871. The highest BCUT2D eigenvalue weighted by atomic mass is 16.6. The second kappa shape index (κ2) is 11.7. The van der Waals surface area contributed by atoms with E-state index in [-0.39, 0.29) is 6.54 Å². The molecule has 0 aliphatic rings. The van der Waals surface area contributed by atoms with Crippen molar-refractivity contribution in [1.82, 2.24) is 10.6 Å². The monoisotopic (exact) mass is 257 g/mol. The zero-order valence-corrected chi connectivity index (χ0v) is 10.2. The van der Waals surface area contributed by atoms with Gasteiger partial charge in [0, 0.05) is 19.8 Å². The lowest BCUT2D eigenvalue weighted by atomic mass is 10.4. The molecule has 0 rings (SSSR count). The Bertz CT molecular complexity index is 289. The van der Waals surface area contributed by atoms with E-state index in [1.807, 2.05) is 0 Å². The van der Waals surface area contributed by atoms with Crippen LogP contribution < -0.4 is 16.4 Å². The molecule has 0 unspecified atom stereocenters. The van der Waals surface area contributed by atoms with Crippen LogP contribution in [-0.2, 0) is 9.47 Å². The van der Waals surface area contributed by atoms with Gasteiger partial charge in [-0.3, -0.25) is 0 Å². The molecule has 0 fully saturated rings. The van der Waals surface area contributed by atoms with Gasteiger partial charge in [-0.05, 0) is 19.4 Å². The molecule has 0 aromatic heterocycles. The summed E-state index contributed by atoms with van der Waals surface area (Å²) in [4.78, 5) is 21.9. The minimum absolute atomic E-state index is 0.0150. The Balaban J connectivity index is 3.37. The van der Waals surface area contributed by atoms with E-state index in [0.29, 0.717) is 32.7 Å². The Morgan fingerprint density at radius 1 is 1.17 bits per heavy atom. The Kier molecular flexibility index (Phi) is 10.5. The van der Waals surface area contributed by atoms with Crippen LogP contribution in [0.1, 0.15) is 12.8 Å². The number of hydrogen-bond acceptors (Lipinski definition) is 5. The van der Waals surface area contributed by atoms with Gasteiger partial charge in [-0.2, -0.15) is 0 Å². The molecule has 7 nitrogen and oxygen atoms in total. The highest BCUT2D eigenvalue weighted by Crippen LogP contribution is 1.85. The molecule has 102 valence electrons. The molecule has 0 bridgehead atoms. The third kappa shape index (κ3) is 10.7. The SMILES string of the molecule is C#CCNC(=O)OC(=O)NCCCOCCCN. The van der Waals surface area contributed by atoms with Crippen molar-refractivity contribution in [3.05, 3.63) is 0 Å². The number of carbonyl (C=O) groups is 2. The second-order valence-corrected chi connectivity index (χ2v) is 3.27. The molecule has 7 heteroatoms. The normalized spacial score (nSPS) is 9.33. The first kappa shape index (κ1) is 16.2. The van der Waals surface area contributed by atoms with E-state index >= 15 is 0 Å². The molecule has 0 saturated heterocycles. The minimum Gasteiger partial charge on any atom is -0.381 e. The summed E-state index contributed by atoms with van der Waals surface area (Å²) in [5.74, 6) is 2.18. The third-order valence-electron chi connectivity index (χ3n) is 1.75. The zero-order valence-electron chi connectivity index (χ0n) is 10.2. The predicted octanol–water partition coefficient (Wildman–Crippen LogP) is -0.189. The van der Waals surface area contributed by atoms with Crippen LogP contribution in [0.2, 0.25) is 0 Å². The van der Waals surface area contributed by atoms with E-state index in [1.165, 1.54) is 0 Å². The van der Waals surface area contributed by atoms with E-state index in [0.717, 1.165) is 6.42 Å². The lowest BCUT2D eigenvalue weighted by molar-refractivity contribution is 0.128. The first-order chi connectivity index (χ1) is 8.70. The number of ether oxygens (including phenoxy) is 2. The fourth-order valence-electron chi connectivity index (χ4n) is 0.932. The van der Waals surface area contributed by atoms with Gasteiger partial charge in [-0.1, -0.05) is 5.92 Å². The smallest absolute Gasteiger partial charge is 0.381 e. The van der Waals surface area contributed by atoms with Crippen molar-refractivity contribution in [3.63, 3.8) is 0 Å². The average molecular weight is 257 g/mol. The van der Waals surface area contributed by atoms with E-state index in [9.17, 15) is 9.59 Å². The van der Waals surface area contributed by atoms with Crippen LogP contribution in [0.25, 0.3) is 0 Å². The molecule has 0 saturated carbocycles. The molecule has 0 spiro atoms. The van der Waals surface area contributed by atoms with Crippen LogP contribution in [0, 0.1) is 12.3 Å². The van der Waals surface area contributed by atoms with Gasteiger partial charge in [0.1, 0.15) is 0 Å². The molecule has 0 aliphatic carbocycles. The van der Waals surface area contributed by atoms with Crippen LogP contribution in [0.4, 0.5) is 9.59 Å². The van der Waals surface area contributed by atoms with Crippen LogP contribution in [0.3, 0.4) is 0 Å². The van der Waals surface area contributed by atoms with E-state index in [1.54, 1.807) is 0 Å². The van der Waals surface area contributed by atoms with Crippen LogP contribution >= 0.6 is 0 Å². The largest absolute Gasteiger partial charge is 0.416 e. The summed E-state index contributed by atoms with van der Waals surface area (Å²) in [6.07, 6.45) is 4.67. The molecule has 2 amide bonds. The molecule has 18 heavy (non-hydrogen) atoms. The van der Waals surface area contributed by atoms with Gasteiger partial charge < -0.3 is 25.8 Å². The first-order valence-corrected chi connectivity index (χ1v) is 5.65. The molecule has 0 atom stereocenters. The zero-order chi connectivity index (χ0) is 13.6. The molecule has 4 N–H and O–H groups in total. The number of carbonyl (C=O) groups excluding carboxylic acids is 2. The van der Waals surface area contributed by atoms with Crippen molar-refractivity contribution in [2.24, 2.45) is 5.73 Å². The van der Waals surface area contributed by atoms with Gasteiger partial charge in [0.05, 0.1) is 6.54 Å². The van der Waals surface area contributed by atoms with Gasteiger partial charge in [0.25, 0.3) is 0 Å². The summed E-state index contributed by atoms with van der Waals surface area (Å²) in [5, 5.41) is 4.60. The van der Waals surface area contributed by atoms with Crippen molar-refractivity contribution in [2.45, 2.75) is 12.8 Å². The van der Waals surface area contributed by atoms with Crippen molar-refractivity contribution >= 4 is 12.2 Å². The summed E-state index contributed by atoms with van der Waals surface area (Å²) in [6, 6.07) is 0. The first-order valence-electron chi connectivity index (χ1n) is 5.65. The van der Waals surface area contributed by atoms with E-state index < -0.39 is 12.2 Å². The molecule has 0 heterocycles. The lowest BCUT2D eigenvalue weighted by Gasteiger charge is -2.06. The summed E-state index contributed by atoms with van der Waals surface area (Å²) in [7, 11) is 0. The van der Waals surface area contributed by atoms with Crippen LogP contribution in [-0.4, -0.2) is 45.0 Å². The van der Waals surface area contributed by atoms with Crippen LogP contribution in [0.15, 0.2) is 0 Å². The van der Waals surface area contributed by atoms with Crippen molar-refractivity contribution in [1.29, 1.82) is 0 Å². The van der Waals surface area contributed by atoms with Crippen molar-refractivity contribution in [2.75, 3.05) is 32.8 Å². The maximum absolute atomic E-state index is 11.0. The quantitative estimate of drug-likeness (QED) is 0.318. The Morgan fingerprint density at radius 3 is 2.50 bits per heavy atom. The van der Waals surface area contributed by atoms with Gasteiger partial charge in [0.2, 0.25) is 0 Å². The number of hydrogen-bond donors (Lipinski definition) is 3. The summed E-state index contributed by atoms with van der Waals surface area (Å²) in [5.41, 5.74) is 5.29. The number of terminal acetylenes is 1. The molecule has 0 aliphatic heterocycles. The fourth-order valence-corrected chi connectivity index (χ4v) is 0.932. The summed E-state index contributed by atoms with van der Waals surface area (Å²) >= 11 is 0. The number of amides is 2. The van der Waals surface area contributed by atoms with Gasteiger partial charge >= 0.3 is 12.2 Å². The molecular weight excluding hydrogens is 238 g/mol. The van der Waals surface area contributed by atoms with Gasteiger partial charge in [-0.15, -0.1) is 6.42 Å². The third-order valence-corrected chi connectivity index (χ3v) is 1.75. The van der Waals surface area contributed by atoms with Gasteiger partial charge in [-0.25, -0.2) is 9.59 Å². The summed E-state index contributed by atoms with van der Waals surface area (Å²) < 4.78 is 9.56. The number of alkyl carbamates (subject to hydrolysis) is 2. The second-order valence-electron chi connectivity index (χ2n) is 3.27. The topological polar surface area (TPSA) is 103 Å². The van der Waals surface area contributed by atoms with Crippen LogP contribution in [0.5, 0.6) is 0 Å². The average Bonchev–Trinajstić information content (AvgIpc) is 2.35. The number of rotatable bonds is 8. The molecular formula is C11H19N3O4. The van der Waals surface area contributed by atoms with Gasteiger partial charge in [0.15, 0.2) is 0 Å². The van der Waals surface area contributed by atoms with E-state index in [4.69, 9.17) is 16.9 Å². The molecule has 0 aromatic rings. The standard InChI is InChI=1S/C11H19N3O4/c1-2-6-13-10(15)18-11(16)14-7-4-9-17-8-3-5-12/h1H,3-9,12H2,(H,13,15)(H,14,16).